The Hall–Kier alpha value is -1.06. The number of aliphatic hydroxyl groups is 2. The number of nitrogen functional groups attached to an aromatic ring is 1. The van der Waals surface area contributed by atoms with Crippen LogP contribution in [-0.4, -0.2) is 10.2 Å². The van der Waals surface area contributed by atoms with E-state index in [9.17, 15) is 10.2 Å². The van der Waals surface area contributed by atoms with E-state index in [0.717, 1.165) is 43.2 Å². The Morgan fingerprint density at radius 2 is 1.19 bits per heavy atom. The summed E-state index contributed by atoms with van der Waals surface area (Å²) in [6, 6.07) is 5.65. The van der Waals surface area contributed by atoms with Gasteiger partial charge in [-0.3, -0.25) is 0 Å². The Kier molecular flexibility index (Phi) is 13.3. The highest BCUT2D eigenvalue weighted by Crippen LogP contribution is 2.30. The van der Waals surface area contributed by atoms with Crippen molar-refractivity contribution in [3.05, 3.63) is 29.3 Å². The van der Waals surface area contributed by atoms with Crippen LogP contribution in [0.4, 0.5) is 5.69 Å². The maximum Gasteiger partial charge on any atom is 0.0810 e. The van der Waals surface area contributed by atoms with Crippen molar-refractivity contribution in [3.63, 3.8) is 0 Å². The maximum atomic E-state index is 10.5. The Balaban J connectivity index is 2.42. The lowest BCUT2D eigenvalue weighted by Gasteiger charge is -2.17. The molecule has 156 valence electrons. The number of nitrogens with two attached hydrogens (primary N) is 1. The molecule has 3 nitrogen and oxygen atoms in total. The lowest BCUT2D eigenvalue weighted by Crippen LogP contribution is -2.06. The minimum absolute atomic E-state index is 0.461. The molecular formula is C24H43NO2. The standard InChI is InChI=1S/C24H43NO2/c1-3-5-7-9-11-13-15-23(26)20-17-18-22(25)21(19-20)24(27)16-14-12-10-8-6-4-2/h17-19,23-24,26-27H,3-16,25H2,1-2H3. The highest BCUT2D eigenvalue weighted by Gasteiger charge is 2.15. The van der Waals surface area contributed by atoms with Crippen LogP contribution in [0.25, 0.3) is 0 Å². The predicted molar refractivity (Wildman–Crippen MR) is 117 cm³/mol. The number of anilines is 1. The summed E-state index contributed by atoms with van der Waals surface area (Å²) < 4.78 is 0. The van der Waals surface area contributed by atoms with Crippen LogP contribution in [0.15, 0.2) is 18.2 Å². The molecule has 0 spiro atoms. The van der Waals surface area contributed by atoms with Crippen LogP contribution in [0.1, 0.15) is 127 Å². The Labute approximate surface area is 167 Å². The smallest absolute Gasteiger partial charge is 0.0810 e. The van der Waals surface area contributed by atoms with E-state index in [1.54, 1.807) is 0 Å². The molecule has 1 aromatic rings. The van der Waals surface area contributed by atoms with Crippen molar-refractivity contribution < 1.29 is 10.2 Å². The first-order valence-electron chi connectivity index (χ1n) is 11.4. The molecular weight excluding hydrogens is 334 g/mol. The van der Waals surface area contributed by atoms with Crippen LogP contribution in [0, 0.1) is 0 Å². The lowest BCUT2D eigenvalue weighted by atomic mass is 9.95. The van der Waals surface area contributed by atoms with Gasteiger partial charge in [-0.25, -0.2) is 0 Å². The molecule has 0 aliphatic heterocycles. The van der Waals surface area contributed by atoms with Gasteiger partial charge in [0.1, 0.15) is 0 Å². The van der Waals surface area contributed by atoms with Crippen molar-refractivity contribution in [3.8, 4) is 0 Å². The molecule has 0 heterocycles. The van der Waals surface area contributed by atoms with E-state index in [-0.39, 0.29) is 0 Å². The Morgan fingerprint density at radius 3 is 1.74 bits per heavy atom. The number of aliphatic hydroxyl groups excluding tert-OH is 2. The van der Waals surface area contributed by atoms with Crippen LogP contribution in [-0.2, 0) is 0 Å². The van der Waals surface area contributed by atoms with Gasteiger partial charge in [0.25, 0.3) is 0 Å². The third-order valence-electron chi connectivity index (χ3n) is 5.52. The maximum absolute atomic E-state index is 10.5. The van der Waals surface area contributed by atoms with Crippen molar-refractivity contribution in [2.45, 2.75) is 116 Å². The van der Waals surface area contributed by atoms with Crippen LogP contribution >= 0.6 is 0 Å². The van der Waals surface area contributed by atoms with Crippen molar-refractivity contribution in [1.82, 2.24) is 0 Å². The van der Waals surface area contributed by atoms with Crippen molar-refractivity contribution in [2.24, 2.45) is 0 Å². The Bertz CT molecular complexity index is 489. The molecule has 4 N–H and O–H groups in total. The van der Waals surface area contributed by atoms with Crippen molar-refractivity contribution in [1.29, 1.82) is 0 Å². The molecule has 27 heavy (non-hydrogen) atoms. The molecule has 0 aliphatic carbocycles. The van der Waals surface area contributed by atoms with Gasteiger partial charge in [-0.1, -0.05) is 97.0 Å². The Morgan fingerprint density at radius 1 is 0.704 bits per heavy atom. The van der Waals surface area contributed by atoms with Crippen molar-refractivity contribution in [2.75, 3.05) is 5.73 Å². The first-order chi connectivity index (χ1) is 13.1. The molecule has 0 radical (unpaired) electrons. The number of rotatable bonds is 16. The zero-order valence-corrected chi connectivity index (χ0v) is 17.8. The largest absolute Gasteiger partial charge is 0.398 e. The molecule has 0 amide bonds. The second kappa shape index (κ2) is 14.9. The minimum atomic E-state index is -0.530. The molecule has 0 fully saturated rings. The van der Waals surface area contributed by atoms with Gasteiger partial charge in [-0.15, -0.1) is 0 Å². The topological polar surface area (TPSA) is 66.5 Å². The summed E-state index contributed by atoms with van der Waals surface area (Å²) in [7, 11) is 0. The number of benzene rings is 1. The second-order valence-corrected chi connectivity index (χ2v) is 8.03. The summed E-state index contributed by atoms with van der Waals surface area (Å²) in [5.74, 6) is 0. The number of hydrogen-bond acceptors (Lipinski definition) is 3. The van der Waals surface area contributed by atoms with E-state index in [1.807, 2.05) is 18.2 Å². The molecule has 0 aromatic heterocycles. The highest BCUT2D eigenvalue weighted by atomic mass is 16.3. The fourth-order valence-electron chi connectivity index (χ4n) is 3.65. The van der Waals surface area contributed by atoms with E-state index < -0.39 is 12.2 Å². The van der Waals surface area contributed by atoms with E-state index in [4.69, 9.17) is 5.73 Å². The first-order valence-corrected chi connectivity index (χ1v) is 11.4. The average molecular weight is 378 g/mol. The van der Waals surface area contributed by atoms with Crippen molar-refractivity contribution >= 4 is 5.69 Å². The van der Waals surface area contributed by atoms with E-state index in [0.29, 0.717) is 5.69 Å². The second-order valence-electron chi connectivity index (χ2n) is 8.03. The summed E-state index contributed by atoms with van der Waals surface area (Å²) in [6.07, 6.45) is 15.1. The SMILES string of the molecule is CCCCCCCCC(O)c1ccc(N)c(C(O)CCCCCCCC)c1. The summed E-state index contributed by atoms with van der Waals surface area (Å²) in [6.45, 7) is 4.45. The molecule has 0 aliphatic rings. The molecule has 0 saturated heterocycles. The quantitative estimate of drug-likeness (QED) is 0.218. The van der Waals surface area contributed by atoms with Gasteiger partial charge in [0.15, 0.2) is 0 Å². The van der Waals surface area contributed by atoms with Gasteiger partial charge in [0.2, 0.25) is 0 Å². The molecule has 1 rings (SSSR count). The monoisotopic (exact) mass is 377 g/mol. The molecule has 2 unspecified atom stereocenters. The van der Waals surface area contributed by atoms with Gasteiger partial charge < -0.3 is 15.9 Å². The predicted octanol–water partition coefficient (Wildman–Crippen LogP) is 6.84. The fraction of sp³-hybridized carbons (Fsp3) is 0.750. The van der Waals surface area contributed by atoms with Gasteiger partial charge >= 0.3 is 0 Å². The van der Waals surface area contributed by atoms with Crippen LogP contribution in [0.2, 0.25) is 0 Å². The van der Waals surface area contributed by atoms with Gasteiger partial charge in [0, 0.05) is 11.3 Å². The zero-order chi connectivity index (χ0) is 19.9. The van der Waals surface area contributed by atoms with Crippen LogP contribution in [0.5, 0.6) is 0 Å². The van der Waals surface area contributed by atoms with E-state index in [1.165, 1.54) is 57.8 Å². The molecule has 1 aromatic carbocycles. The summed E-state index contributed by atoms with van der Waals surface area (Å²) >= 11 is 0. The number of unbranched alkanes of at least 4 members (excludes halogenated alkanes) is 10. The van der Waals surface area contributed by atoms with Gasteiger partial charge in [-0.2, -0.15) is 0 Å². The zero-order valence-electron chi connectivity index (χ0n) is 17.8. The average Bonchev–Trinajstić information content (AvgIpc) is 2.67. The highest BCUT2D eigenvalue weighted by molar-refractivity contribution is 5.50. The summed E-state index contributed by atoms with van der Waals surface area (Å²) in [5, 5.41) is 21.0. The third-order valence-corrected chi connectivity index (χ3v) is 5.52. The third kappa shape index (κ3) is 10.2. The minimum Gasteiger partial charge on any atom is -0.398 e. The first kappa shape index (κ1) is 24.0. The molecule has 0 saturated carbocycles. The van der Waals surface area contributed by atoms with Gasteiger partial charge in [0.05, 0.1) is 12.2 Å². The number of hydrogen-bond donors (Lipinski definition) is 3. The van der Waals surface area contributed by atoms with E-state index >= 15 is 0 Å². The van der Waals surface area contributed by atoms with E-state index in [2.05, 4.69) is 13.8 Å². The van der Waals surface area contributed by atoms with Crippen LogP contribution in [0.3, 0.4) is 0 Å². The lowest BCUT2D eigenvalue weighted by molar-refractivity contribution is 0.157. The molecule has 0 bridgehead atoms. The fourth-order valence-corrected chi connectivity index (χ4v) is 3.65. The molecule has 2 atom stereocenters. The van der Waals surface area contributed by atoms with Gasteiger partial charge in [-0.05, 0) is 30.5 Å². The normalized spacial score (nSPS) is 13.6. The summed E-state index contributed by atoms with van der Waals surface area (Å²) in [5.41, 5.74) is 8.38. The summed E-state index contributed by atoms with van der Waals surface area (Å²) in [4.78, 5) is 0. The van der Waals surface area contributed by atoms with Crippen LogP contribution < -0.4 is 5.73 Å². The molecule has 3 heteroatoms.